The number of hydrogen-bond acceptors (Lipinski definition) is 4. The minimum atomic E-state index is -1.05. The van der Waals surface area contributed by atoms with E-state index in [9.17, 15) is 18.4 Å². The Morgan fingerprint density at radius 3 is 2.39 bits per heavy atom. The first-order chi connectivity index (χ1) is 16.0. The third-order valence-corrected chi connectivity index (χ3v) is 6.66. The summed E-state index contributed by atoms with van der Waals surface area (Å²) in [6.07, 6.45) is 2.18. The molecule has 1 aliphatic heterocycles. The molecule has 168 valence electrons. The largest absolute Gasteiger partial charge is 0.339 e. The fraction of sp³-hybridized carbons (Fsp3) is 0.208. The standard InChI is InChI=1S/C24H20F2N4O2S/c25-19-7-6-17(12-20(19)26)23(32)29-10-8-28(9-11-29)22(31)13-18-15-33-24-27-21(14-30(18)24)16-4-2-1-3-5-16/h1-7,12,14-15H,8-11,13H2. The predicted octanol–water partition coefficient (Wildman–Crippen LogP) is 3.87. The van der Waals surface area contributed by atoms with Crippen molar-refractivity contribution >= 4 is 28.1 Å². The van der Waals surface area contributed by atoms with Crippen LogP contribution in [0.2, 0.25) is 0 Å². The van der Waals surface area contributed by atoms with Crippen LogP contribution in [-0.2, 0) is 11.2 Å². The van der Waals surface area contributed by atoms with Gasteiger partial charge in [-0.2, -0.15) is 0 Å². The van der Waals surface area contributed by atoms with Crippen LogP contribution in [0.5, 0.6) is 0 Å². The minimum Gasteiger partial charge on any atom is -0.339 e. The average molecular weight is 467 g/mol. The van der Waals surface area contributed by atoms with E-state index in [0.717, 1.165) is 34.0 Å². The van der Waals surface area contributed by atoms with Gasteiger partial charge < -0.3 is 9.80 Å². The molecule has 2 aromatic carbocycles. The van der Waals surface area contributed by atoms with Gasteiger partial charge >= 0.3 is 0 Å². The first-order valence-corrected chi connectivity index (χ1v) is 11.4. The summed E-state index contributed by atoms with van der Waals surface area (Å²) >= 11 is 1.49. The molecule has 1 saturated heterocycles. The summed E-state index contributed by atoms with van der Waals surface area (Å²) in [5.74, 6) is -2.43. The van der Waals surface area contributed by atoms with Crippen LogP contribution in [0.25, 0.3) is 16.2 Å². The molecule has 0 radical (unpaired) electrons. The lowest BCUT2D eigenvalue weighted by atomic mass is 10.1. The zero-order valence-corrected chi connectivity index (χ0v) is 18.4. The van der Waals surface area contributed by atoms with Gasteiger partial charge in [0, 0.05) is 54.6 Å². The summed E-state index contributed by atoms with van der Waals surface area (Å²) in [5, 5.41) is 1.94. The summed E-state index contributed by atoms with van der Waals surface area (Å²) in [6.45, 7) is 1.46. The summed E-state index contributed by atoms with van der Waals surface area (Å²) in [6, 6.07) is 13.0. The lowest BCUT2D eigenvalue weighted by molar-refractivity contribution is -0.132. The summed E-state index contributed by atoms with van der Waals surface area (Å²) < 4.78 is 28.5. The zero-order chi connectivity index (χ0) is 22.9. The van der Waals surface area contributed by atoms with Gasteiger partial charge in [0.25, 0.3) is 5.91 Å². The van der Waals surface area contributed by atoms with E-state index in [1.165, 1.54) is 17.4 Å². The highest BCUT2D eigenvalue weighted by molar-refractivity contribution is 7.15. The molecule has 0 atom stereocenters. The Bertz CT molecular complexity index is 1330. The van der Waals surface area contributed by atoms with Gasteiger partial charge in [-0.3, -0.25) is 14.0 Å². The third-order valence-electron chi connectivity index (χ3n) is 5.77. The molecule has 33 heavy (non-hydrogen) atoms. The number of hydrogen-bond donors (Lipinski definition) is 0. The highest BCUT2D eigenvalue weighted by Crippen LogP contribution is 2.24. The number of fused-ring (bicyclic) bond motifs is 1. The topological polar surface area (TPSA) is 57.9 Å². The molecule has 5 rings (SSSR count). The molecule has 0 saturated carbocycles. The number of benzene rings is 2. The van der Waals surface area contributed by atoms with E-state index in [1.807, 2.05) is 46.3 Å². The number of aromatic nitrogens is 2. The van der Waals surface area contributed by atoms with Crippen molar-refractivity contribution in [2.75, 3.05) is 26.2 Å². The Kier molecular flexibility index (Phi) is 5.63. The number of carbonyl (C=O) groups excluding carboxylic acids is 2. The number of rotatable bonds is 4. The number of carbonyl (C=O) groups is 2. The van der Waals surface area contributed by atoms with Gasteiger partial charge in [0.1, 0.15) is 0 Å². The molecule has 0 spiro atoms. The van der Waals surface area contributed by atoms with Crippen LogP contribution in [-0.4, -0.2) is 57.2 Å². The van der Waals surface area contributed by atoms with Gasteiger partial charge in [-0.05, 0) is 18.2 Å². The number of piperazine rings is 1. The maximum atomic E-state index is 13.5. The Balaban J connectivity index is 1.22. The number of halogens is 2. The number of amides is 2. The molecule has 2 amide bonds. The fourth-order valence-corrected chi connectivity index (χ4v) is 4.81. The molecule has 2 aromatic heterocycles. The normalized spacial score (nSPS) is 14.1. The van der Waals surface area contributed by atoms with E-state index >= 15 is 0 Å². The van der Waals surface area contributed by atoms with Gasteiger partial charge in [0.15, 0.2) is 16.6 Å². The minimum absolute atomic E-state index is 0.0235. The van der Waals surface area contributed by atoms with Crippen molar-refractivity contribution in [3.63, 3.8) is 0 Å². The van der Waals surface area contributed by atoms with Gasteiger partial charge in [0.05, 0.1) is 12.1 Å². The fourth-order valence-electron chi connectivity index (χ4n) is 3.94. The summed E-state index contributed by atoms with van der Waals surface area (Å²) in [5.41, 5.74) is 2.85. The lowest BCUT2D eigenvalue weighted by Gasteiger charge is -2.34. The molecule has 0 aliphatic carbocycles. The van der Waals surface area contributed by atoms with Gasteiger partial charge in [-0.1, -0.05) is 30.3 Å². The van der Waals surface area contributed by atoms with Crippen LogP contribution < -0.4 is 0 Å². The van der Waals surface area contributed by atoms with E-state index in [4.69, 9.17) is 0 Å². The first kappa shape index (κ1) is 21.3. The van der Waals surface area contributed by atoms with E-state index in [-0.39, 0.29) is 23.8 Å². The maximum absolute atomic E-state index is 13.5. The van der Waals surface area contributed by atoms with E-state index < -0.39 is 11.6 Å². The van der Waals surface area contributed by atoms with Crippen molar-refractivity contribution in [2.45, 2.75) is 6.42 Å². The first-order valence-electron chi connectivity index (χ1n) is 10.5. The summed E-state index contributed by atoms with van der Waals surface area (Å²) in [7, 11) is 0. The van der Waals surface area contributed by atoms with Crippen LogP contribution in [0, 0.1) is 11.6 Å². The van der Waals surface area contributed by atoms with E-state index in [1.54, 1.807) is 9.80 Å². The van der Waals surface area contributed by atoms with Crippen LogP contribution in [0.1, 0.15) is 16.1 Å². The maximum Gasteiger partial charge on any atom is 0.254 e. The SMILES string of the molecule is O=C(Cc1csc2nc(-c3ccccc3)cn12)N1CCN(C(=O)c2ccc(F)c(F)c2)CC1. The van der Waals surface area contributed by atoms with Crippen LogP contribution in [0.4, 0.5) is 8.78 Å². The molecule has 0 N–H and O–H groups in total. The summed E-state index contributed by atoms with van der Waals surface area (Å²) in [4.78, 5) is 34.3. The monoisotopic (exact) mass is 466 g/mol. The average Bonchev–Trinajstić information content (AvgIpc) is 3.43. The van der Waals surface area contributed by atoms with Gasteiger partial charge in [-0.15, -0.1) is 11.3 Å². The zero-order valence-electron chi connectivity index (χ0n) is 17.6. The molecule has 4 aromatic rings. The van der Waals surface area contributed by atoms with Crippen molar-refractivity contribution in [3.05, 3.63) is 83.0 Å². The van der Waals surface area contributed by atoms with Crippen molar-refractivity contribution in [2.24, 2.45) is 0 Å². The highest BCUT2D eigenvalue weighted by atomic mass is 32.1. The number of imidazole rings is 1. The molecular weight excluding hydrogens is 446 g/mol. The smallest absolute Gasteiger partial charge is 0.254 e. The van der Waals surface area contributed by atoms with Crippen LogP contribution in [0.15, 0.2) is 60.1 Å². The van der Waals surface area contributed by atoms with Gasteiger partial charge in [0.2, 0.25) is 5.91 Å². The Morgan fingerprint density at radius 1 is 0.939 bits per heavy atom. The second kappa shape index (κ2) is 8.74. The number of nitrogens with zero attached hydrogens (tertiary/aromatic N) is 4. The third kappa shape index (κ3) is 4.23. The molecule has 6 nitrogen and oxygen atoms in total. The van der Waals surface area contributed by atoms with E-state index in [0.29, 0.717) is 26.2 Å². The molecule has 1 aliphatic rings. The van der Waals surface area contributed by atoms with Crippen molar-refractivity contribution in [1.82, 2.24) is 19.2 Å². The van der Waals surface area contributed by atoms with Crippen molar-refractivity contribution in [3.8, 4) is 11.3 Å². The molecule has 0 unspecified atom stereocenters. The highest BCUT2D eigenvalue weighted by Gasteiger charge is 2.26. The van der Waals surface area contributed by atoms with E-state index in [2.05, 4.69) is 4.98 Å². The Morgan fingerprint density at radius 2 is 1.67 bits per heavy atom. The quantitative estimate of drug-likeness (QED) is 0.459. The molecule has 3 heterocycles. The van der Waals surface area contributed by atoms with Crippen molar-refractivity contribution in [1.29, 1.82) is 0 Å². The van der Waals surface area contributed by atoms with Crippen LogP contribution in [0.3, 0.4) is 0 Å². The molecule has 0 bridgehead atoms. The molecule has 1 fully saturated rings. The predicted molar refractivity (Wildman–Crippen MR) is 121 cm³/mol. The number of thiazole rings is 1. The lowest BCUT2D eigenvalue weighted by Crippen LogP contribution is -2.51. The second-order valence-corrected chi connectivity index (χ2v) is 8.69. The Labute approximate surface area is 192 Å². The van der Waals surface area contributed by atoms with Crippen LogP contribution >= 0.6 is 11.3 Å². The molecule has 9 heteroatoms. The van der Waals surface area contributed by atoms with Crippen molar-refractivity contribution < 1.29 is 18.4 Å². The second-order valence-electron chi connectivity index (χ2n) is 7.85. The van der Waals surface area contributed by atoms with Gasteiger partial charge in [-0.25, -0.2) is 13.8 Å². The molecular formula is C24H20F2N4O2S. The Hall–Kier alpha value is -3.59.